The highest BCUT2D eigenvalue weighted by Gasteiger charge is 2.62. The molecule has 0 aliphatic carbocycles. The summed E-state index contributed by atoms with van der Waals surface area (Å²) >= 11 is 6.01. The van der Waals surface area contributed by atoms with Crippen LogP contribution in [0.4, 0.5) is 13.2 Å². The van der Waals surface area contributed by atoms with E-state index in [1.54, 1.807) is 45.0 Å². The molecule has 0 aromatic heterocycles. The first kappa shape index (κ1) is 24.8. The Kier molecular flexibility index (Phi) is 7.17. The van der Waals surface area contributed by atoms with Gasteiger partial charge in [0, 0.05) is 42.0 Å². The number of alkyl halides is 3. The minimum Gasteiger partial charge on any atom is -0.374 e. The molecule has 5 nitrogen and oxygen atoms in total. The van der Waals surface area contributed by atoms with Gasteiger partial charge in [0.05, 0.1) is 5.71 Å². The van der Waals surface area contributed by atoms with Crippen molar-refractivity contribution in [3.8, 4) is 0 Å². The minimum atomic E-state index is -4.74. The van der Waals surface area contributed by atoms with Crippen LogP contribution in [0.3, 0.4) is 0 Å². The number of nitrogens with zero attached hydrogens (tertiary/aromatic N) is 1. The van der Waals surface area contributed by atoms with E-state index in [4.69, 9.17) is 16.4 Å². The number of Topliss-reactive ketones (excluding diaryl/α,β-unsaturated/α-hetero) is 1. The summed E-state index contributed by atoms with van der Waals surface area (Å²) < 4.78 is 42.6. The number of nitrogens with one attached hydrogen (secondary N) is 1. The van der Waals surface area contributed by atoms with Crippen LogP contribution in [0.25, 0.3) is 0 Å². The van der Waals surface area contributed by atoms with Crippen molar-refractivity contribution in [2.45, 2.75) is 51.8 Å². The molecule has 2 aromatic rings. The van der Waals surface area contributed by atoms with Crippen molar-refractivity contribution in [1.29, 1.82) is 0 Å². The zero-order valence-electron chi connectivity index (χ0n) is 18.5. The Hall–Kier alpha value is -2.87. The molecular formula is C24H24ClF3N2O3. The van der Waals surface area contributed by atoms with Gasteiger partial charge in [0.1, 0.15) is 0 Å². The van der Waals surface area contributed by atoms with E-state index in [2.05, 4.69) is 10.5 Å². The Bertz CT molecular complexity index is 1090. The number of amides is 1. The lowest BCUT2D eigenvalue weighted by atomic mass is 9.85. The third kappa shape index (κ3) is 5.21. The van der Waals surface area contributed by atoms with Crippen molar-refractivity contribution in [2.24, 2.45) is 5.16 Å². The zero-order valence-corrected chi connectivity index (χ0v) is 19.2. The fraction of sp³-hybridized carbons (Fsp3) is 0.375. The highest BCUT2D eigenvalue weighted by Crippen LogP contribution is 2.49. The van der Waals surface area contributed by atoms with Gasteiger partial charge in [-0.2, -0.15) is 13.2 Å². The summed E-state index contributed by atoms with van der Waals surface area (Å²) in [5.74, 6) is -0.425. The number of benzene rings is 2. The molecule has 1 N–H and O–H groups in total. The number of hydrogen-bond donors (Lipinski definition) is 1. The molecule has 0 bridgehead atoms. The summed E-state index contributed by atoms with van der Waals surface area (Å²) in [6, 6.07) is 8.89. The van der Waals surface area contributed by atoms with Crippen LogP contribution in [0.5, 0.6) is 0 Å². The molecule has 1 atom stereocenters. The lowest BCUT2D eigenvalue weighted by Gasteiger charge is -2.29. The number of aryl methyl sites for hydroxylation is 2. The van der Waals surface area contributed by atoms with Crippen LogP contribution < -0.4 is 5.32 Å². The summed E-state index contributed by atoms with van der Waals surface area (Å²) in [6.07, 6.45) is -5.15. The van der Waals surface area contributed by atoms with Crippen molar-refractivity contribution in [1.82, 2.24) is 5.32 Å². The average Bonchev–Trinajstić information content (AvgIpc) is 3.18. The van der Waals surface area contributed by atoms with Gasteiger partial charge in [0.15, 0.2) is 5.78 Å². The van der Waals surface area contributed by atoms with Gasteiger partial charge in [-0.15, -0.1) is 0 Å². The SMILES string of the molecule is CCNC(=O)CCC(=O)c1ccc(C2=NOC(c3cc(C)cc(Cl)c3)(C(F)(F)F)C2)cc1C. The Labute approximate surface area is 194 Å². The monoisotopic (exact) mass is 480 g/mol. The molecule has 33 heavy (non-hydrogen) atoms. The Balaban J connectivity index is 1.84. The normalized spacial score (nSPS) is 18.0. The quantitative estimate of drug-likeness (QED) is 0.521. The van der Waals surface area contributed by atoms with Gasteiger partial charge >= 0.3 is 6.18 Å². The molecule has 0 radical (unpaired) electrons. The van der Waals surface area contributed by atoms with Crippen LogP contribution in [0.2, 0.25) is 5.02 Å². The Morgan fingerprint density at radius 1 is 1.15 bits per heavy atom. The molecule has 1 unspecified atom stereocenters. The van der Waals surface area contributed by atoms with Gasteiger partial charge in [-0.1, -0.05) is 35.0 Å². The molecule has 1 amide bonds. The summed E-state index contributed by atoms with van der Waals surface area (Å²) in [5.41, 5.74) is -0.647. The van der Waals surface area contributed by atoms with Crippen molar-refractivity contribution in [2.75, 3.05) is 6.54 Å². The van der Waals surface area contributed by atoms with Crippen molar-refractivity contribution >= 4 is 29.0 Å². The summed E-state index contributed by atoms with van der Waals surface area (Å²) in [5, 5.41) is 6.58. The fourth-order valence-corrected chi connectivity index (χ4v) is 4.12. The van der Waals surface area contributed by atoms with Gasteiger partial charge in [0.2, 0.25) is 5.91 Å². The lowest BCUT2D eigenvalue weighted by Crippen LogP contribution is -2.42. The molecule has 3 rings (SSSR count). The highest BCUT2D eigenvalue weighted by molar-refractivity contribution is 6.30. The molecule has 2 aromatic carbocycles. The van der Waals surface area contributed by atoms with E-state index in [0.717, 1.165) is 0 Å². The minimum absolute atomic E-state index is 0.0430. The second-order valence-corrected chi connectivity index (χ2v) is 8.49. The first-order valence-corrected chi connectivity index (χ1v) is 10.8. The van der Waals surface area contributed by atoms with Crippen LogP contribution in [0.1, 0.15) is 58.8 Å². The topological polar surface area (TPSA) is 67.8 Å². The summed E-state index contributed by atoms with van der Waals surface area (Å²) in [4.78, 5) is 29.2. The van der Waals surface area contributed by atoms with Gasteiger partial charge in [-0.25, -0.2) is 0 Å². The third-order valence-corrected chi connectivity index (χ3v) is 5.73. The van der Waals surface area contributed by atoms with E-state index in [9.17, 15) is 22.8 Å². The number of halogens is 4. The number of hydrogen-bond acceptors (Lipinski definition) is 4. The number of ketones is 1. The van der Waals surface area contributed by atoms with E-state index in [-0.39, 0.29) is 40.8 Å². The lowest BCUT2D eigenvalue weighted by molar-refractivity contribution is -0.275. The van der Waals surface area contributed by atoms with Crippen molar-refractivity contribution in [3.05, 3.63) is 69.2 Å². The molecule has 9 heteroatoms. The van der Waals surface area contributed by atoms with E-state index in [1.807, 2.05) is 0 Å². The van der Waals surface area contributed by atoms with E-state index in [0.29, 0.717) is 28.8 Å². The third-order valence-electron chi connectivity index (χ3n) is 5.51. The predicted molar refractivity (Wildman–Crippen MR) is 120 cm³/mol. The predicted octanol–water partition coefficient (Wildman–Crippen LogP) is 5.64. The van der Waals surface area contributed by atoms with Crippen LogP contribution in [-0.2, 0) is 15.2 Å². The standard InChI is InChI=1S/C24H24ClF3N2O3/c1-4-29-22(32)8-7-21(31)19-6-5-16(11-15(19)3)20-13-23(33-30-20,24(26,27)28)17-9-14(2)10-18(25)12-17/h5-6,9-12H,4,7-8,13H2,1-3H3,(H,29,32). The molecule has 1 heterocycles. The van der Waals surface area contributed by atoms with Crippen LogP contribution >= 0.6 is 11.6 Å². The van der Waals surface area contributed by atoms with Gasteiger partial charge in [-0.3, -0.25) is 9.59 Å². The number of carbonyl (C=O) groups excluding carboxylic acids is 2. The molecular weight excluding hydrogens is 457 g/mol. The molecule has 176 valence electrons. The number of oxime groups is 1. The summed E-state index contributed by atoms with van der Waals surface area (Å²) in [7, 11) is 0. The second kappa shape index (κ2) is 9.55. The Morgan fingerprint density at radius 3 is 2.48 bits per heavy atom. The summed E-state index contributed by atoms with van der Waals surface area (Å²) in [6.45, 7) is 5.62. The molecule has 1 aliphatic rings. The molecule has 1 aliphatic heterocycles. The number of carbonyl (C=O) groups is 2. The maximum absolute atomic E-state index is 14.2. The van der Waals surface area contributed by atoms with Crippen molar-refractivity contribution < 1.29 is 27.6 Å². The Morgan fingerprint density at radius 2 is 1.88 bits per heavy atom. The first-order chi connectivity index (χ1) is 15.5. The maximum atomic E-state index is 14.2. The van der Waals surface area contributed by atoms with E-state index < -0.39 is 18.2 Å². The van der Waals surface area contributed by atoms with Crippen LogP contribution in [0, 0.1) is 13.8 Å². The van der Waals surface area contributed by atoms with E-state index >= 15 is 0 Å². The molecule has 0 saturated carbocycles. The van der Waals surface area contributed by atoms with Gasteiger partial charge in [-0.05, 0) is 55.7 Å². The fourth-order valence-electron chi connectivity index (χ4n) is 3.83. The molecule has 0 spiro atoms. The zero-order chi connectivity index (χ0) is 24.4. The van der Waals surface area contributed by atoms with E-state index in [1.165, 1.54) is 12.1 Å². The van der Waals surface area contributed by atoms with Crippen LogP contribution in [0.15, 0.2) is 41.6 Å². The van der Waals surface area contributed by atoms with Gasteiger partial charge in [0.25, 0.3) is 5.60 Å². The molecule has 0 saturated heterocycles. The first-order valence-electron chi connectivity index (χ1n) is 10.5. The van der Waals surface area contributed by atoms with Crippen molar-refractivity contribution in [3.63, 3.8) is 0 Å². The highest BCUT2D eigenvalue weighted by atomic mass is 35.5. The maximum Gasteiger partial charge on any atom is 0.435 e. The smallest absolute Gasteiger partial charge is 0.374 e. The number of rotatable bonds is 7. The molecule has 0 fully saturated rings. The largest absolute Gasteiger partial charge is 0.435 e. The second-order valence-electron chi connectivity index (χ2n) is 8.05. The van der Waals surface area contributed by atoms with Crippen LogP contribution in [-0.4, -0.2) is 30.1 Å². The average molecular weight is 481 g/mol. The van der Waals surface area contributed by atoms with Gasteiger partial charge < -0.3 is 10.2 Å².